The van der Waals surface area contributed by atoms with Gasteiger partial charge in [-0.05, 0) is 89.6 Å². The second-order valence-corrected chi connectivity index (χ2v) is 17.6. The Balaban J connectivity index is 1.69. The van der Waals surface area contributed by atoms with Crippen molar-refractivity contribution in [3.63, 3.8) is 0 Å². The van der Waals surface area contributed by atoms with Crippen molar-refractivity contribution < 1.29 is 43.9 Å². The van der Waals surface area contributed by atoms with Gasteiger partial charge in [0.05, 0.1) is 16.9 Å². The number of fused-ring (bicyclic) bond motifs is 3. The molecule has 3 aliphatic rings. The molecule has 4 nitrogen and oxygen atoms in total. The Labute approximate surface area is 266 Å². The molecule has 2 fully saturated rings. The maximum Gasteiger partial charge on any atom is 0.435 e. The van der Waals surface area contributed by atoms with Crippen molar-refractivity contribution in [3.8, 4) is 0 Å². The number of aryl methyl sites for hydroxylation is 1. The van der Waals surface area contributed by atoms with E-state index in [-0.39, 0.29) is 56.6 Å². The Bertz CT molecular complexity index is 1530. The largest absolute Gasteiger partial charge is 0.435 e. The number of carbonyl (C=O) groups is 1. The van der Waals surface area contributed by atoms with E-state index in [1.54, 1.807) is 12.1 Å². The highest BCUT2D eigenvalue weighted by Crippen LogP contribution is 2.68. The van der Waals surface area contributed by atoms with Gasteiger partial charge >= 0.3 is 18.0 Å². The van der Waals surface area contributed by atoms with Crippen molar-refractivity contribution in [2.75, 3.05) is 6.54 Å². The van der Waals surface area contributed by atoms with E-state index in [1.165, 1.54) is 17.0 Å². The van der Waals surface area contributed by atoms with Crippen LogP contribution in [0.25, 0.3) is 0 Å². The molecule has 14 heteroatoms. The average molecular weight is 843 g/mol. The second kappa shape index (κ2) is 9.66. The van der Waals surface area contributed by atoms with E-state index in [4.69, 9.17) is 0 Å². The average Bonchev–Trinajstić information content (AvgIpc) is 3.14. The number of benzene rings is 2. The molecule has 1 heterocycles. The van der Waals surface area contributed by atoms with Gasteiger partial charge < -0.3 is 4.90 Å². The molecule has 2 unspecified atom stereocenters. The lowest BCUT2D eigenvalue weighted by atomic mass is 9.76. The minimum absolute atomic E-state index is 0.00431. The van der Waals surface area contributed by atoms with Crippen LogP contribution in [0, 0.1) is 14.9 Å². The maximum atomic E-state index is 15.0. The molecule has 1 aliphatic heterocycles. The lowest BCUT2D eigenvalue weighted by molar-refractivity contribution is -0.348. The van der Waals surface area contributed by atoms with Crippen molar-refractivity contribution in [2.24, 2.45) is 11.3 Å². The number of amides is 1. The van der Waals surface area contributed by atoms with Crippen LogP contribution in [0.3, 0.4) is 0 Å². The Hall–Kier alpha value is -1.17. The van der Waals surface area contributed by atoms with E-state index < -0.39 is 50.1 Å². The third-order valence-electron chi connectivity index (χ3n) is 9.64. The molecule has 5 rings (SSSR count). The van der Waals surface area contributed by atoms with E-state index in [2.05, 4.69) is 22.6 Å². The number of nitrogens with zero attached hydrogens (tertiary/aromatic N) is 1. The summed E-state index contributed by atoms with van der Waals surface area (Å²) in [6.45, 7) is 5.85. The molecule has 1 saturated carbocycles. The Kier molecular flexibility index (Phi) is 7.42. The summed E-state index contributed by atoms with van der Waals surface area (Å²) < 4.78 is 124. The van der Waals surface area contributed by atoms with Gasteiger partial charge in [-0.25, -0.2) is 12.8 Å². The van der Waals surface area contributed by atoms with Gasteiger partial charge in [-0.2, -0.15) is 26.3 Å². The minimum atomic E-state index is -6.30. The molecule has 42 heavy (non-hydrogen) atoms. The molecule has 0 N–H and O–H groups in total. The fourth-order valence-electron chi connectivity index (χ4n) is 6.95. The molecule has 2 aliphatic carbocycles. The van der Waals surface area contributed by atoms with Crippen LogP contribution < -0.4 is 0 Å². The smallest absolute Gasteiger partial charge is 0.337 e. The Morgan fingerprint density at radius 3 is 2.00 bits per heavy atom. The van der Waals surface area contributed by atoms with Crippen molar-refractivity contribution in [2.45, 2.75) is 77.2 Å². The van der Waals surface area contributed by atoms with Crippen LogP contribution in [0.2, 0.25) is 0 Å². The van der Waals surface area contributed by atoms with Gasteiger partial charge in [0.25, 0.3) is 0 Å². The van der Waals surface area contributed by atoms with Crippen LogP contribution in [-0.2, 0) is 31.5 Å². The lowest BCUT2D eigenvalue weighted by Crippen LogP contribution is -2.53. The number of alkyl halides is 8. The van der Waals surface area contributed by atoms with E-state index in [0.717, 1.165) is 9.64 Å². The lowest BCUT2D eigenvalue weighted by Gasteiger charge is -2.43. The highest BCUT2D eigenvalue weighted by molar-refractivity contribution is 14.1. The van der Waals surface area contributed by atoms with Gasteiger partial charge in [-0.1, -0.05) is 54.6 Å². The molecule has 0 radical (unpaired) electrons. The number of sulfone groups is 1. The van der Waals surface area contributed by atoms with Gasteiger partial charge in [-0.15, -0.1) is 0 Å². The van der Waals surface area contributed by atoms with Crippen molar-refractivity contribution >= 4 is 60.9 Å². The normalized spacial score (nSPS) is 29.2. The van der Waals surface area contributed by atoms with Gasteiger partial charge in [0.2, 0.25) is 5.91 Å². The van der Waals surface area contributed by atoms with Crippen LogP contribution in [0.15, 0.2) is 47.4 Å². The van der Waals surface area contributed by atoms with E-state index in [1.807, 2.05) is 43.4 Å². The third-order valence-corrected chi connectivity index (χ3v) is 14.9. The van der Waals surface area contributed by atoms with Gasteiger partial charge in [0.1, 0.15) is 4.75 Å². The molecule has 2 aromatic carbocycles. The highest BCUT2D eigenvalue weighted by Gasteiger charge is 2.74. The Morgan fingerprint density at radius 1 is 0.952 bits per heavy atom. The van der Waals surface area contributed by atoms with E-state index in [9.17, 15) is 43.9 Å². The number of hydrogen-bond acceptors (Lipinski definition) is 3. The molecule has 0 spiro atoms. The molecule has 1 saturated heterocycles. The van der Waals surface area contributed by atoms with Gasteiger partial charge in [-0.3, -0.25) is 4.79 Å². The summed E-state index contributed by atoms with van der Waals surface area (Å²) >= 11 is 4.21. The molecule has 230 valence electrons. The minimum Gasteiger partial charge on any atom is -0.337 e. The molecule has 0 bridgehead atoms. The first-order chi connectivity index (χ1) is 19.1. The monoisotopic (exact) mass is 843 g/mol. The number of rotatable bonds is 4. The van der Waals surface area contributed by atoms with Gasteiger partial charge in [0, 0.05) is 19.1 Å². The van der Waals surface area contributed by atoms with Crippen LogP contribution >= 0.6 is 45.2 Å². The fraction of sp³-hybridized carbons (Fsp3) is 0.536. The molecular weight excluding hydrogens is 817 g/mol. The zero-order valence-corrected chi connectivity index (χ0v) is 27.6. The highest BCUT2D eigenvalue weighted by atomic mass is 127. The number of carbonyl (C=O) groups excluding carboxylic acids is 1. The zero-order valence-electron chi connectivity index (χ0n) is 22.5. The number of likely N-dealkylation sites (tertiary alicyclic amines) is 1. The van der Waals surface area contributed by atoms with E-state index >= 15 is 0 Å². The summed E-state index contributed by atoms with van der Waals surface area (Å²) in [5.41, 5.74) is -7.80. The summed E-state index contributed by atoms with van der Waals surface area (Å²) in [4.78, 5) is 15.3. The summed E-state index contributed by atoms with van der Waals surface area (Å²) in [6.07, 6.45) is -12.9. The second-order valence-electron chi connectivity index (χ2n) is 11.9. The van der Waals surface area contributed by atoms with Gasteiger partial charge in [0.15, 0.2) is 9.84 Å². The fourth-order valence-corrected chi connectivity index (χ4v) is 10.9. The maximum absolute atomic E-state index is 15.0. The summed E-state index contributed by atoms with van der Waals surface area (Å²) in [6, 6.07) is 6.76. The molecule has 0 aromatic heterocycles. The number of hydrogen-bond donors (Lipinski definition) is 0. The van der Waals surface area contributed by atoms with Crippen LogP contribution in [0.4, 0.5) is 30.7 Å². The van der Waals surface area contributed by atoms with Crippen LogP contribution in [-0.4, -0.2) is 47.6 Å². The van der Waals surface area contributed by atoms with Crippen LogP contribution in [0.5, 0.6) is 0 Å². The molecular formula is C28H26F7I2NO3S. The van der Waals surface area contributed by atoms with E-state index in [0.29, 0.717) is 12.1 Å². The summed E-state index contributed by atoms with van der Waals surface area (Å²) in [5, 5.41) is 0. The summed E-state index contributed by atoms with van der Waals surface area (Å²) in [5.74, 6) is -0.643. The van der Waals surface area contributed by atoms with Crippen molar-refractivity contribution in [1.29, 1.82) is 0 Å². The Morgan fingerprint density at radius 2 is 1.50 bits per heavy atom. The predicted molar refractivity (Wildman–Crippen MR) is 157 cm³/mol. The van der Waals surface area contributed by atoms with Crippen LogP contribution in [0.1, 0.15) is 50.3 Å². The topological polar surface area (TPSA) is 54.5 Å². The first-order valence-corrected chi connectivity index (χ1v) is 16.7. The first kappa shape index (κ1) is 32.2. The number of halogens is 9. The molecule has 4 atom stereocenters. The van der Waals surface area contributed by atoms with Crippen molar-refractivity contribution in [3.05, 3.63) is 62.7 Å². The quantitative estimate of drug-likeness (QED) is 0.181. The predicted octanol–water partition coefficient (Wildman–Crippen LogP) is 7.65. The first-order valence-electron chi connectivity index (χ1n) is 13.0. The molecule has 2 aromatic rings. The summed E-state index contributed by atoms with van der Waals surface area (Å²) in [7, 11) is -4.36. The zero-order chi connectivity index (χ0) is 31.5. The SMILES string of the molecule is CC1(C)C(C(=O)N2CC[C@@]3(S(=O)(=O)c4ccc(I)cc4)c4ccc(C(F)(C(F)(F)F)C(F)(F)F)cc4CC[C@@H]23)C1(C)I. The van der Waals surface area contributed by atoms with Crippen molar-refractivity contribution in [1.82, 2.24) is 4.90 Å². The third kappa shape index (κ3) is 4.21. The molecule has 1 amide bonds. The standard InChI is InChI=1S/C28H26F7I2NO3S/c1-23(2)21(24(23,3)37)22(39)38-13-12-25(42(40,41)18-8-6-17(36)7-9-18)19-10-5-16(14-15(19)4-11-20(25)38)26(29,27(30,31)32)28(33,34)35/h5-10,14,20-21H,4,11-13H2,1-3H3/t20-,21?,24?,25-/m1/s1.